The van der Waals surface area contributed by atoms with Crippen LogP contribution in [0.5, 0.6) is 11.5 Å². The molecule has 0 spiro atoms. The minimum absolute atomic E-state index is 0.384. The number of nitrogens with two attached hydrogens (primary N) is 2. The van der Waals surface area contributed by atoms with Gasteiger partial charge >= 0.3 is 0 Å². The predicted octanol–water partition coefficient (Wildman–Crippen LogP) is 4.17. The molecular weight excluding hydrogens is 388 g/mol. The Morgan fingerprint density at radius 3 is 2.13 bits per heavy atom. The summed E-state index contributed by atoms with van der Waals surface area (Å²) in [6.45, 7) is 0.831. The van der Waals surface area contributed by atoms with E-state index in [0.717, 1.165) is 39.2 Å². The fraction of sp³-hybridized carbons (Fsp3) is 0.120. The van der Waals surface area contributed by atoms with Gasteiger partial charge < -0.3 is 21.1 Å². The molecule has 4 N–H and O–H groups in total. The maximum Gasteiger partial charge on any atom is 0.130 e. The molecule has 156 valence electrons. The van der Waals surface area contributed by atoms with E-state index in [1.165, 1.54) is 0 Å². The number of fused-ring (bicyclic) bond motifs is 1. The molecule has 0 saturated heterocycles. The summed E-state index contributed by atoms with van der Waals surface area (Å²) < 4.78 is 11.8. The minimum Gasteiger partial charge on any atom is -0.489 e. The van der Waals surface area contributed by atoms with Gasteiger partial charge in [-0.1, -0.05) is 48.5 Å². The molecule has 0 bridgehead atoms. The number of nitrogens with zero attached hydrogens (tertiary/aromatic N) is 2. The van der Waals surface area contributed by atoms with E-state index in [2.05, 4.69) is 16.2 Å². The molecule has 0 fully saturated rings. The number of hydrogen-bond acceptors (Lipinski definition) is 5. The van der Waals surface area contributed by atoms with E-state index in [0.29, 0.717) is 25.5 Å². The number of pyridine rings is 1. The SMILES string of the molecule is N/N=C(\N)Cc1ccccc1COc1ccc(OCc2ccc3ccccc3n2)cc1. The van der Waals surface area contributed by atoms with Crippen LogP contribution in [0.2, 0.25) is 0 Å². The molecule has 6 heteroatoms. The van der Waals surface area contributed by atoms with Crippen molar-refractivity contribution in [3.05, 3.63) is 102 Å². The fourth-order valence-corrected chi connectivity index (χ4v) is 3.25. The molecule has 31 heavy (non-hydrogen) atoms. The van der Waals surface area contributed by atoms with E-state index in [4.69, 9.17) is 21.1 Å². The third-order valence-corrected chi connectivity index (χ3v) is 4.92. The summed E-state index contributed by atoms with van der Waals surface area (Å²) in [5, 5.41) is 4.66. The second kappa shape index (κ2) is 9.63. The number of benzene rings is 3. The van der Waals surface area contributed by atoms with Gasteiger partial charge in [0.2, 0.25) is 0 Å². The summed E-state index contributed by atoms with van der Waals surface area (Å²) in [7, 11) is 0. The molecule has 0 aliphatic heterocycles. The van der Waals surface area contributed by atoms with Gasteiger partial charge in [0.1, 0.15) is 30.5 Å². The average Bonchev–Trinajstić information content (AvgIpc) is 2.82. The van der Waals surface area contributed by atoms with Crippen LogP contribution in [-0.2, 0) is 19.6 Å². The zero-order valence-corrected chi connectivity index (χ0v) is 17.1. The highest BCUT2D eigenvalue weighted by atomic mass is 16.5. The number of para-hydroxylation sites is 1. The molecule has 0 saturated carbocycles. The van der Waals surface area contributed by atoms with E-state index < -0.39 is 0 Å². The third kappa shape index (κ3) is 5.30. The molecule has 3 aromatic carbocycles. The van der Waals surface area contributed by atoms with Gasteiger partial charge in [-0.15, -0.1) is 0 Å². The van der Waals surface area contributed by atoms with Gasteiger partial charge in [0.05, 0.1) is 11.2 Å². The molecule has 0 amide bonds. The van der Waals surface area contributed by atoms with Crippen molar-refractivity contribution in [2.24, 2.45) is 16.7 Å². The summed E-state index contributed by atoms with van der Waals surface area (Å²) >= 11 is 0. The van der Waals surface area contributed by atoms with Crippen molar-refractivity contribution in [2.75, 3.05) is 0 Å². The molecule has 0 unspecified atom stereocenters. The highest BCUT2D eigenvalue weighted by Crippen LogP contribution is 2.21. The Kier molecular flexibility index (Phi) is 6.28. The van der Waals surface area contributed by atoms with Crippen molar-refractivity contribution in [2.45, 2.75) is 19.6 Å². The van der Waals surface area contributed by atoms with Crippen LogP contribution >= 0.6 is 0 Å². The molecule has 1 heterocycles. The van der Waals surface area contributed by atoms with Crippen molar-refractivity contribution < 1.29 is 9.47 Å². The highest BCUT2D eigenvalue weighted by Gasteiger charge is 2.06. The number of ether oxygens (including phenoxy) is 2. The summed E-state index contributed by atoms with van der Waals surface area (Å²) in [5.41, 5.74) is 9.69. The third-order valence-electron chi connectivity index (χ3n) is 4.92. The zero-order valence-electron chi connectivity index (χ0n) is 17.1. The van der Waals surface area contributed by atoms with Crippen LogP contribution in [0.15, 0.2) is 90.0 Å². The van der Waals surface area contributed by atoms with Gasteiger partial charge in [0.15, 0.2) is 0 Å². The van der Waals surface area contributed by atoms with Gasteiger partial charge in [-0.05, 0) is 47.5 Å². The van der Waals surface area contributed by atoms with E-state index in [1.54, 1.807) is 0 Å². The molecule has 6 nitrogen and oxygen atoms in total. The Morgan fingerprint density at radius 1 is 0.742 bits per heavy atom. The molecular formula is C25H24N4O2. The second-order valence-corrected chi connectivity index (χ2v) is 7.11. The topological polar surface area (TPSA) is 95.8 Å². The molecule has 0 radical (unpaired) electrons. The van der Waals surface area contributed by atoms with Crippen molar-refractivity contribution >= 4 is 16.7 Å². The highest BCUT2D eigenvalue weighted by molar-refractivity contribution is 5.82. The number of hydrogen-bond donors (Lipinski definition) is 2. The standard InChI is InChI=1S/C25H24N4O2/c26-25(29-27)15-19-6-1-2-7-20(19)16-30-22-11-13-23(14-12-22)31-17-21-10-9-18-5-3-4-8-24(18)28-21/h1-14H,15-17,27H2,(H2,26,29). The van der Waals surface area contributed by atoms with Crippen LogP contribution in [0, 0.1) is 0 Å². The Morgan fingerprint density at radius 2 is 1.39 bits per heavy atom. The van der Waals surface area contributed by atoms with Gasteiger partial charge in [0.25, 0.3) is 0 Å². The van der Waals surface area contributed by atoms with Crippen LogP contribution in [0.25, 0.3) is 10.9 Å². The quantitative estimate of drug-likeness (QED) is 0.196. The predicted molar refractivity (Wildman–Crippen MR) is 123 cm³/mol. The van der Waals surface area contributed by atoms with Crippen LogP contribution in [-0.4, -0.2) is 10.8 Å². The average molecular weight is 412 g/mol. The first kappa shape index (κ1) is 20.2. The minimum atomic E-state index is 0.384. The molecule has 0 aliphatic carbocycles. The molecule has 4 rings (SSSR count). The summed E-state index contributed by atoms with van der Waals surface area (Å²) in [6, 6.07) is 27.6. The first-order chi connectivity index (χ1) is 15.2. The van der Waals surface area contributed by atoms with Crippen LogP contribution in [0.1, 0.15) is 16.8 Å². The number of amidine groups is 1. The van der Waals surface area contributed by atoms with Gasteiger partial charge in [-0.25, -0.2) is 4.98 Å². The van der Waals surface area contributed by atoms with E-state index in [9.17, 15) is 0 Å². The number of rotatable bonds is 8. The first-order valence-electron chi connectivity index (χ1n) is 10.0. The number of aromatic nitrogens is 1. The Hall–Kier alpha value is -4.06. The lowest BCUT2D eigenvalue weighted by Crippen LogP contribution is -2.18. The van der Waals surface area contributed by atoms with Crippen LogP contribution < -0.4 is 21.1 Å². The molecule has 4 aromatic rings. The van der Waals surface area contributed by atoms with E-state index in [-0.39, 0.29) is 0 Å². The van der Waals surface area contributed by atoms with Crippen molar-refractivity contribution in [1.82, 2.24) is 4.98 Å². The lowest BCUT2D eigenvalue weighted by atomic mass is 10.0. The summed E-state index contributed by atoms with van der Waals surface area (Å²) in [4.78, 5) is 4.63. The van der Waals surface area contributed by atoms with Crippen LogP contribution in [0.4, 0.5) is 0 Å². The Balaban J connectivity index is 1.34. The van der Waals surface area contributed by atoms with E-state index >= 15 is 0 Å². The Bertz CT molecular complexity index is 1190. The Labute approximate surface area is 181 Å². The molecule has 1 aromatic heterocycles. The van der Waals surface area contributed by atoms with E-state index in [1.807, 2.05) is 78.9 Å². The fourth-order valence-electron chi connectivity index (χ4n) is 3.25. The van der Waals surface area contributed by atoms with Gasteiger partial charge in [-0.2, -0.15) is 5.10 Å². The first-order valence-corrected chi connectivity index (χ1v) is 10.0. The monoisotopic (exact) mass is 412 g/mol. The molecule has 0 atom stereocenters. The summed E-state index contributed by atoms with van der Waals surface area (Å²) in [6.07, 6.45) is 0.492. The lowest BCUT2D eigenvalue weighted by molar-refractivity contribution is 0.294. The normalized spacial score (nSPS) is 11.4. The maximum atomic E-state index is 5.93. The maximum absolute atomic E-state index is 5.93. The second-order valence-electron chi connectivity index (χ2n) is 7.11. The van der Waals surface area contributed by atoms with Crippen molar-refractivity contribution in [3.63, 3.8) is 0 Å². The lowest BCUT2D eigenvalue weighted by Gasteiger charge is -2.12. The van der Waals surface area contributed by atoms with Gasteiger partial charge in [0, 0.05) is 11.8 Å². The van der Waals surface area contributed by atoms with Crippen molar-refractivity contribution in [3.8, 4) is 11.5 Å². The van der Waals surface area contributed by atoms with Crippen molar-refractivity contribution in [1.29, 1.82) is 0 Å². The smallest absolute Gasteiger partial charge is 0.130 e. The largest absolute Gasteiger partial charge is 0.489 e. The van der Waals surface area contributed by atoms with Gasteiger partial charge in [-0.3, -0.25) is 0 Å². The van der Waals surface area contributed by atoms with Crippen LogP contribution in [0.3, 0.4) is 0 Å². The molecule has 0 aliphatic rings. The summed E-state index contributed by atoms with van der Waals surface area (Å²) in [5.74, 6) is 7.15. The zero-order chi connectivity index (χ0) is 21.5. The number of hydrazone groups is 1.